The highest BCUT2D eigenvalue weighted by molar-refractivity contribution is 7.85. The lowest BCUT2D eigenvalue weighted by Gasteiger charge is -1.95. The quantitative estimate of drug-likeness (QED) is 0.681. The first kappa shape index (κ1) is 6.82. The molecular formula is C7H8O3S. The van der Waals surface area contributed by atoms with Gasteiger partial charge in [-0.1, -0.05) is 30.3 Å². The maximum atomic E-state index is 10.5. The van der Waals surface area contributed by atoms with Gasteiger partial charge in [0, 0.05) is 0 Å². The van der Waals surface area contributed by atoms with E-state index in [-0.39, 0.29) is 5.56 Å². The van der Waals surface area contributed by atoms with Crippen molar-refractivity contribution >= 4 is 10.1 Å². The molecule has 0 saturated carbocycles. The molecule has 4 heteroatoms. The summed E-state index contributed by atoms with van der Waals surface area (Å²) < 4.78 is 36.7. The van der Waals surface area contributed by atoms with Crippen molar-refractivity contribution in [3.8, 4) is 0 Å². The van der Waals surface area contributed by atoms with Gasteiger partial charge in [0.1, 0.15) is 5.73 Å². The van der Waals surface area contributed by atoms with Crippen LogP contribution < -0.4 is 0 Å². The molecule has 1 N–H and O–H groups in total. The van der Waals surface area contributed by atoms with Crippen molar-refractivity contribution in [2.24, 2.45) is 0 Å². The minimum Gasteiger partial charge on any atom is -0.285 e. The van der Waals surface area contributed by atoms with Crippen LogP contribution in [0, 0.1) is 0 Å². The van der Waals surface area contributed by atoms with Crippen molar-refractivity contribution in [1.29, 1.82) is 0 Å². The Kier molecular flexibility index (Phi) is 1.87. The van der Waals surface area contributed by atoms with E-state index in [2.05, 4.69) is 0 Å². The van der Waals surface area contributed by atoms with Crippen LogP contribution in [0.15, 0.2) is 30.3 Å². The summed E-state index contributed by atoms with van der Waals surface area (Å²) in [5, 5.41) is 0. The van der Waals surface area contributed by atoms with E-state index in [9.17, 15) is 8.42 Å². The van der Waals surface area contributed by atoms with Gasteiger partial charge in [-0.2, -0.15) is 8.42 Å². The number of rotatable bonds is 2. The summed E-state index contributed by atoms with van der Waals surface area (Å²) in [4.78, 5) is 0. The maximum Gasteiger partial charge on any atom is 0.269 e. The Hall–Kier alpha value is -0.870. The lowest BCUT2D eigenvalue weighted by molar-refractivity contribution is 0.482. The van der Waals surface area contributed by atoms with Gasteiger partial charge in [-0.3, -0.25) is 4.55 Å². The second-order valence-corrected chi connectivity index (χ2v) is 3.31. The molecule has 0 spiro atoms. The average molecular weight is 173 g/mol. The Morgan fingerprint density at radius 1 is 1.36 bits per heavy atom. The van der Waals surface area contributed by atoms with Crippen molar-refractivity contribution < 1.29 is 14.3 Å². The third-order valence-corrected chi connectivity index (χ3v) is 1.65. The molecule has 0 bridgehead atoms. The lowest BCUT2D eigenvalue weighted by atomic mass is 10.2. The first-order chi connectivity index (χ1) is 5.52. The highest BCUT2D eigenvalue weighted by atomic mass is 32.2. The predicted octanol–water partition coefficient (Wildman–Crippen LogP) is 1.07. The van der Waals surface area contributed by atoms with Crippen LogP contribution in [-0.2, 0) is 15.8 Å². The second-order valence-electron chi connectivity index (χ2n) is 2.04. The van der Waals surface area contributed by atoms with Crippen LogP contribution in [-0.4, -0.2) is 13.0 Å². The molecule has 0 fully saturated rings. The lowest BCUT2D eigenvalue weighted by Crippen LogP contribution is -2.00. The van der Waals surface area contributed by atoms with Crippen LogP contribution in [0.3, 0.4) is 0 Å². The van der Waals surface area contributed by atoms with Crippen LogP contribution in [0.5, 0.6) is 0 Å². The smallest absolute Gasteiger partial charge is 0.269 e. The fourth-order valence-corrected chi connectivity index (χ4v) is 1.20. The van der Waals surface area contributed by atoms with E-state index in [0.29, 0.717) is 0 Å². The molecular weight excluding hydrogens is 164 g/mol. The minimum absolute atomic E-state index is 0.264. The zero-order valence-electron chi connectivity index (χ0n) is 6.64. The summed E-state index contributed by atoms with van der Waals surface area (Å²) >= 11 is 0. The van der Waals surface area contributed by atoms with Crippen molar-refractivity contribution in [2.45, 2.75) is 5.73 Å². The SMILES string of the molecule is [2H]C(c1ccccc1)S(=O)(=O)O. The zero-order valence-corrected chi connectivity index (χ0v) is 6.45. The Morgan fingerprint density at radius 2 is 1.91 bits per heavy atom. The van der Waals surface area contributed by atoms with E-state index in [1.165, 1.54) is 12.1 Å². The standard InChI is InChI=1S/C7H8O3S/c8-11(9,10)6-7-4-2-1-3-5-7/h1-5H,6H2,(H,8,9,10)/i6D. The van der Waals surface area contributed by atoms with E-state index in [4.69, 9.17) is 5.92 Å². The van der Waals surface area contributed by atoms with Gasteiger partial charge in [-0.15, -0.1) is 0 Å². The Balaban J connectivity index is 3.02. The second kappa shape index (κ2) is 3.02. The maximum absolute atomic E-state index is 10.5. The molecule has 1 unspecified atom stereocenters. The fourth-order valence-electron chi connectivity index (χ4n) is 0.704. The summed E-state index contributed by atoms with van der Waals surface area (Å²) in [5.74, 6) is 0. The molecule has 0 saturated heterocycles. The van der Waals surface area contributed by atoms with Crippen molar-refractivity contribution in [2.75, 3.05) is 0 Å². The van der Waals surface area contributed by atoms with Crippen molar-refractivity contribution in [1.82, 2.24) is 0 Å². The first-order valence-electron chi connectivity index (χ1n) is 3.53. The molecule has 1 atom stereocenters. The molecule has 60 valence electrons. The highest BCUT2D eigenvalue weighted by Gasteiger charge is 2.04. The molecule has 0 aliphatic rings. The highest BCUT2D eigenvalue weighted by Crippen LogP contribution is 2.02. The van der Waals surface area contributed by atoms with Crippen molar-refractivity contribution in [3.63, 3.8) is 0 Å². The van der Waals surface area contributed by atoms with E-state index in [1.54, 1.807) is 18.2 Å². The normalized spacial score (nSPS) is 15.5. The van der Waals surface area contributed by atoms with E-state index in [1.807, 2.05) is 0 Å². The van der Waals surface area contributed by atoms with Gasteiger partial charge < -0.3 is 0 Å². The van der Waals surface area contributed by atoms with Crippen LogP contribution in [0.4, 0.5) is 0 Å². The molecule has 3 nitrogen and oxygen atoms in total. The van der Waals surface area contributed by atoms with E-state index < -0.39 is 15.8 Å². The first-order valence-corrected chi connectivity index (χ1v) is 4.45. The van der Waals surface area contributed by atoms with Gasteiger partial charge >= 0.3 is 0 Å². The molecule has 0 aliphatic heterocycles. The van der Waals surface area contributed by atoms with E-state index >= 15 is 0 Å². The largest absolute Gasteiger partial charge is 0.285 e. The number of hydrogen-bond acceptors (Lipinski definition) is 2. The fraction of sp³-hybridized carbons (Fsp3) is 0.143. The van der Waals surface area contributed by atoms with Gasteiger partial charge in [-0.25, -0.2) is 0 Å². The molecule has 0 aromatic heterocycles. The summed E-state index contributed by atoms with van der Waals surface area (Å²) in [5.41, 5.74) is -1.33. The van der Waals surface area contributed by atoms with Gasteiger partial charge in [-0.05, 0) is 5.56 Å². The number of hydrogen-bond donors (Lipinski definition) is 1. The third-order valence-electron chi connectivity index (χ3n) is 1.08. The van der Waals surface area contributed by atoms with Gasteiger partial charge in [0.05, 0.1) is 1.37 Å². The minimum atomic E-state index is -4.29. The predicted molar refractivity (Wildman–Crippen MR) is 41.7 cm³/mol. The van der Waals surface area contributed by atoms with Crippen LogP contribution >= 0.6 is 0 Å². The van der Waals surface area contributed by atoms with E-state index in [0.717, 1.165) is 0 Å². The van der Waals surface area contributed by atoms with Gasteiger partial charge in [0.25, 0.3) is 10.1 Å². The van der Waals surface area contributed by atoms with Crippen LogP contribution in [0.25, 0.3) is 0 Å². The van der Waals surface area contributed by atoms with Gasteiger partial charge in [0.2, 0.25) is 0 Å². The third kappa shape index (κ3) is 3.15. The molecule has 11 heavy (non-hydrogen) atoms. The van der Waals surface area contributed by atoms with Crippen LogP contribution in [0.2, 0.25) is 0 Å². The molecule has 1 aromatic rings. The Bertz CT molecular complexity index is 346. The molecule has 0 aliphatic carbocycles. The monoisotopic (exact) mass is 173 g/mol. The summed E-state index contributed by atoms with van der Waals surface area (Å²) in [6.07, 6.45) is 0. The van der Waals surface area contributed by atoms with Crippen LogP contribution in [0.1, 0.15) is 6.93 Å². The molecule has 0 heterocycles. The van der Waals surface area contributed by atoms with Crippen molar-refractivity contribution in [3.05, 3.63) is 35.9 Å². The zero-order chi connectivity index (χ0) is 9.19. The Morgan fingerprint density at radius 3 is 2.36 bits per heavy atom. The molecule has 0 amide bonds. The molecule has 0 radical (unpaired) electrons. The Labute approximate surface area is 66.8 Å². The summed E-state index contributed by atoms with van der Waals surface area (Å²) in [7, 11) is -4.29. The van der Waals surface area contributed by atoms with Gasteiger partial charge in [0.15, 0.2) is 0 Å². The number of benzene rings is 1. The molecule has 1 rings (SSSR count). The topological polar surface area (TPSA) is 54.4 Å². The average Bonchev–Trinajstić information content (AvgIpc) is 2.03. The summed E-state index contributed by atoms with van der Waals surface area (Å²) in [6, 6.07) is 7.89. The molecule has 1 aromatic carbocycles. The summed E-state index contributed by atoms with van der Waals surface area (Å²) in [6.45, 7) is 0.